The lowest BCUT2D eigenvalue weighted by Crippen LogP contribution is -2.47. The van der Waals surface area contributed by atoms with E-state index in [0.717, 1.165) is 65.6 Å². The topological polar surface area (TPSA) is 105 Å². The first kappa shape index (κ1) is 21.5. The highest BCUT2D eigenvalue weighted by Crippen LogP contribution is 2.45. The van der Waals surface area contributed by atoms with Crippen LogP contribution in [-0.4, -0.2) is 48.1 Å². The van der Waals surface area contributed by atoms with Crippen LogP contribution in [0.4, 0.5) is 23.1 Å². The number of anilines is 4. The predicted molar refractivity (Wildman–Crippen MR) is 141 cm³/mol. The van der Waals surface area contributed by atoms with Gasteiger partial charge in [-0.3, -0.25) is 13.9 Å². The van der Waals surface area contributed by atoms with Crippen LogP contribution >= 0.6 is 0 Å². The number of aromatic nitrogens is 6. The number of benzene rings is 1. The Kier molecular flexibility index (Phi) is 4.75. The number of nitrogens with zero attached hydrogens (tertiary/aromatic N) is 7. The van der Waals surface area contributed by atoms with E-state index in [4.69, 9.17) is 0 Å². The molecule has 10 heteroatoms. The Labute approximate surface area is 213 Å². The second-order valence-electron chi connectivity index (χ2n) is 9.61. The van der Waals surface area contributed by atoms with Gasteiger partial charge in [-0.1, -0.05) is 24.3 Å². The van der Waals surface area contributed by atoms with Gasteiger partial charge in [-0.15, -0.1) is 0 Å². The Hall–Kier alpha value is -4.73. The van der Waals surface area contributed by atoms with Crippen LogP contribution in [0.25, 0.3) is 16.9 Å². The average Bonchev–Trinajstić information content (AvgIpc) is 3.61. The van der Waals surface area contributed by atoms with Crippen molar-refractivity contribution in [2.24, 2.45) is 7.05 Å². The van der Waals surface area contributed by atoms with Gasteiger partial charge in [0.2, 0.25) is 11.9 Å². The molecule has 4 aromatic heterocycles. The average molecular weight is 492 g/mol. The Morgan fingerprint density at radius 3 is 2.54 bits per heavy atom. The quantitative estimate of drug-likeness (QED) is 0.394. The van der Waals surface area contributed by atoms with Crippen molar-refractivity contribution in [1.29, 1.82) is 0 Å². The summed E-state index contributed by atoms with van der Waals surface area (Å²) in [7, 11) is 1.86. The third-order valence-electron chi connectivity index (χ3n) is 7.48. The van der Waals surface area contributed by atoms with E-state index in [1.165, 1.54) is 0 Å². The molecule has 10 nitrogen and oxygen atoms in total. The van der Waals surface area contributed by atoms with Gasteiger partial charge in [0.25, 0.3) is 0 Å². The van der Waals surface area contributed by atoms with Crippen molar-refractivity contribution in [3.05, 3.63) is 79.0 Å². The molecular weight excluding hydrogens is 466 g/mol. The number of carbonyl (C=O) groups excluding carboxylic acids is 1. The molecule has 1 fully saturated rings. The van der Waals surface area contributed by atoms with Gasteiger partial charge in [-0.2, -0.15) is 5.10 Å². The molecule has 2 N–H and O–H groups in total. The Bertz CT molecular complexity index is 1630. The van der Waals surface area contributed by atoms with E-state index >= 15 is 0 Å². The van der Waals surface area contributed by atoms with E-state index < -0.39 is 5.41 Å². The van der Waals surface area contributed by atoms with Gasteiger partial charge in [-0.05, 0) is 36.6 Å². The third kappa shape index (κ3) is 3.44. The summed E-state index contributed by atoms with van der Waals surface area (Å²) in [6.45, 7) is 1.53. The molecule has 1 saturated heterocycles. The molecule has 2 aliphatic heterocycles. The predicted octanol–water partition coefficient (Wildman–Crippen LogP) is 3.76. The fourth-order valence-corrected chi connectivity index (χ4v) is 5.60. The number of hydrogen-bond acceptors (Lipinski definition) is 7. The summed E-state index contributed by atoms with van der Waals surface area (Å²) in [6, 6.07) is 14.2. The Morgan fingerprint density at radius 1 is 0.946 bits per heavy atom. The van der Waals surface area contributed by atoms with Crippen LogP contribution in [0.15, 0.2) is 73.4 Å². The summed E-state index contributed by atoms with van der Waals surface area (Å²) in [5.41, 5.74) is 5.09. The first-order chi connectivity index (χ1) is 18.1. The first-order valence-corrected chi connectivity index (χ1v) is 12.3. The van der Waals surface area contributed by atoms with Crippen LogP contribution in [0.3, 0.4) is 0 Å². The molecule has 6 heterocycles. The fraction of sp³-hybridized carbons (Fsp3) is 0.222. The highest BCUT2D eigenvalue weighted by atomic mass is 16.2. The van der Waals surface area contributed by atoms with Gasteiger partial charge in [0.15, 0.2) is 0 Å². The van der Waals surface area contributed by atoms with E-state index in [0.29, 0.717) is 5.95 Å². The van der Waals surface area contributed by atoms with Gasteiger partial charge in [0.05, 0.1) is 29.2 Å². The van der Waals surface area contributed by atoms with Crippen LogP contribution in [0.1, 0.15) is 18.4 Å². The maximum absolute atomic E-state index is 13.0. The smallest absolute Gasteiger partial charge is 0.235 e. The van der Waals surface area contributed by atoms with Crippen molar-refractivity contribution in [2.45, 2.75) is 18.3 Å². The fourth-order valence-electron chi connectivity index (χ4n) is 5.60. The second kappa shape index (κ2) is 8.16. The van der Waals surface area contributed by atoms with Gasteiger partial charge >= 0.3 is 0 Å². The summed E-state index contributed by atoms with van der Waals surface area (Å²) in [5, 5.41) is 10.4. The molecule has 1 spiro atoms. The lowest BCUT2D eigenvalue weighted by atomic mass is 9.73. The number of para-hydroxylation sites is 1. The van der Waals surface area contributed by atoms with Crippen LogP contribution in [-0.2, 0) is 17.3 Å². The lowest BCUT2D eigenvalue weighted by Gasteiger charge is -2.39. The Morgan fingerprint density at radius 2 is 1.76 bits per heavy atom. The summed E-state index contributed by atoms with van der Waals surface area (Å²) in [4.78, 5) is 29.0. The summed E-state index contributed by atoms with van der Waals surface area (Å²) in [5.74, 6) is 1.67. The molecule has 0 saturated carbocycles. The molecule has 184 valence electrons. The van der Waals surface area contributed by atoms with E-state index in [1.54, 1.807) is 23.3 Å². The van der Waals surface area contributed by atoms with Crippen molar-refractivity contribution in [3.8, 4) is 11.3 Å². The van der Waals surface area contributed by atoms with Crippen molar-refractivity contribution in [1.82, 2.24) is 29.1 Å². The summed E-state index contributed by atoms with van der Waals surface area (Å²) >= 11 is 0. The van der Waals surface area contributed by atoms with Gasteiger partial charge in [0, 0.05) is 50.0 Å². The zero-order valence-corrected chi connectivity index (χ0v) is 20.3. The maximum atomic E-state index is 13.0. The van der Waals surface area contributed by atoms with E-state index in [-0.39, 0.29) is 5.91 Å². The molecular formula is C27H25N9O. The number of pyridine rings is 1. The summed E-state index contributed by atoms with van der Waals surface area (Å²) in [6.07, 6.45) is 10.6. The standard InChI is InChI=1S/C27H25N9O/c1-34-17-19(15-31-34)32-26-29-13-18(14-30-26)22-16-28-23-7-4-8-24(36(22)23)35-11-9-27(10-12-35)20-5-2-3-6-21(20)33-25(27)37/h2-8,13-17H,9-12H2,1H3,(H,33,37)(H,29,30,32). The molecule has 0 radical (unpaired) electrons. The third-order valence-corrected chi connectivity index (χ3v) is 7.48. The monoisotopic (exact) mass is 491 g/mol. The lowest BCUT2D eigenvalue weighted by molar-refractivity contribution is -0.121. The number of hydrogen-bond donors (Lipinski definition) is 2. The van der Waals surface area contributed by atoms with Gasteiger partial charge in [0.1, 0.15) is 11.5 Å². The molecule has 0 atom stereocenters. The summed E-state index contributed by atoms with van der Waals surface area (Å²) < 4.78 is 3.87. The molecule has 5 aromatic rings. The van der Waals surface area contributed by atoms with Crippen molar-refractivity contribution < 1.29 is 4.79 Å². The second-order valence-corrected chi connectivity index (χ2v) is 9.61. The van der Waals surface area contributed by atoms with Crippen LogP contribution in [0.2, 0.25) is 0 Å². The van der Waals surface area contributed by atoms with Crippen LogP contribution in [0.5, 0.6) is 0 Å². The number of imidazole rings is 1. The number of amides is 1. The van der Waals surface area contributed by atoms with E-state index in [2.05, 4.69) is 52.1 Å². The maximum Gasteiger partial charge on any atom is 0.235 e. The minimum Gasteiger partial charge on any atom is -0.358 e. The number of aryl methyl sites for hydroxylation is 1. The largest absolute Gasteiger partial charge is 0.358 e. The minimum atomic E-state index is -0.455. The number of piperidine rings is 1. The van der Waals surface area contributed by atoms with Crippen LogP contribution in [0, 0.1) is 0 Å². The van der Waals surface area contributed by atoms with Crippen molar-refractivity contribution >= 4 is 34.7 Å². The molecule has 0 aliphatic carbocycles. The number of fused-ring (bicyclic) bond motifs is 3. The number of rotatable bonds is 4. The zero-order chi connectivity index (χ0) is 25.0. The minimum absolute atomic E-state index is 0.118. The van der Waals surface area contributed by atoms with Crippen molar-refractivity contribution in [2.75, 3.05) is 28.6 Å². The van der Waals surface area contributed by atoms with Crippen LogP contribution < -0.4 is 15.5 Å². The molecule has 1 aromatic carbocycles. The van der Waals surface area contributed by atoms with E-state index in [1.807, 2.05) is 49.8 Å². The highest BCUT2D eigenvalue weighted by Gasteiger charge is 2.48. The number of carbonyl (C=O) groups is 1. The normalized spacial score (nSPS) is 16.2. The van der Waals surface area contributed by atoms with Gasteiger partial charge < -0.3 is 15.5 Å². The SMILES string of the molecule is Cn1cc(Nc2ncc(-c3cnc4cccc(N5CCC6(CC5)C(=O)Nc5ccccc56)n34)cn2)cn1. The van der Waals surface area contributed by atoms with Crippen molar-refractivity contribution in [3.63, 3.8) is 0 Å². The molecule has 2 aliphatic rings. The Balaban J connectivity index is 1.18. The molecule has 0 unspecified atom stereocenters. The molecule has 37 heavy (non-hydrogen) atoms. The van der Waals surface area contributed by atoms with Gasteiger partial charge in [-0.25, -0.2) is 15.0 Å². The molecule has 0 bridgehead atoms. The highest BCUT2D eigenvalue weighted by molar-refractivity contribution is 6.06. The number of nitrogens with one attached hydrogen (secondary N) is 2. The zero-order valence-electron chi connectivity index (χ0n) is 20.3. The molecule has 7 rings (SSSR count). The molecule has 1 amide bonds. The first-order valence-electron chi connectivity index (χ1n) is 12.3. The van der Waals surface area contributed by atoms with E-state index in [9.17, 15) is 4.79 Å².